The third-order valence-corrected chi connectivity index (χ3v) is 4.50. The zero-order chi connectivity index (χ0) is 15.5. The van der Waals surface area contributed by atoms with Crippen LogP contribution in [0.2, 0.25) is 0 Å². The molecule has 0 fully saturated rings. The zero-order valence-corrected chi connectivity index (χ0v) is 13.5. The Bertz CT molecular complexity index is 809. The van der Waals surface area contributed by atoms with E-state index in [0.717, 1.165) is 29.7 Å². The van der Waals surface area contributed by atoms with Crippen LogP contribution < -0.4 is 0 Å². The molecule has 3 aromatic rings. The molecule has 6 nitrogen and oxygen atoms in total. The molecule has 0 unspecified atom stereocenters. The van der Waals surface area contributed by atoms with Crippen molar-refractivity contribution in [1.29, 1.82) is 0 Å². The van der Waals surface area contributed by atoms with Crippen LogP contribution in [0.15, 0.2) is 29.0 Å². The highest BCUT2D eigenvalue weighted by Gasteiger charge is 2.12. The number of imidazole rings is 1. The van der Waals surface area contributed by atoms with E-state index in [1.54, 1.807) is 0 Å². The number of hydrogen-bond acceptors (Lipinski definition) is 5. The van der Waals surface area contributed by atoms with Crippen LogP contribution in [0.4, 0.5) is 0 Å². The van der Waals surface area contributed by atoms with Crippen LogP contribution in [-0.2, 0) is 28.7 Å². The fourth-order valence-corrected chi connectivity index (χ4v) is 3.27. The molecule has 0 N–H and O–H groups in total. The van der Waals surface area contributed by atoms with Gasteiger partial charge in [-0.15, -0.1) is 0 Å². The Kier molecular flexibility index (Phi) is 4.33. The summed E-state index contributed by atoms with van der Waals surface area (Å²) < 4.78 is 19.3. The van der Waals surface area contributed by atoms with Crippen molar-refractivity contribution in [3.8, 4) is 0 Å². The zero-order valence-electron chi connectivity index (χ0n) is 12.7. The number of fused-ring (bicyclic) bond motifs is 1. The minimum absolute atomic E-state index is 0.292. The second-order valence-electron chi connectivity index (χ2n) is 5.24. The van der Waals surface area contributed by atoms with Crippen molar-refractivity contribution in [3.63, 3.8) is 0 Å². The Morgan fingerprint density at radius 3 is 2.95 bits per heavy atom. The van der Waals surface area contributed by atoms with Crippen LogP contribution in [0.5, 0.6) is 0 Å². The summed E-state index contributed by atoms with van der Waals surface area (Å²) in [5.74, 6) is 1.79. The predicted molar refractivity (Wildman–Crippen MR) is 83.8 cm³/mol. The van der Waals surface area contributed by atoms with E-state index >= 15 is 0 Å². The van der Waals surface area contributed by atoms with E-state index in [4.69, 9.17) is 4.52 Å². The molecule has 0 saturated heterocycles. The smallest absolute Gasteiger partial charge is 0.226 e. The summed E-state index contributed by atoms with van der Waals surface area (Å²) in [6.07, 6.45) is 5.56. The molecule has 0 aromatic carbocycles. The summed E-state index contributed by atoms with van der Waals surface area (Å²) in [4.78, 5) is 8.78. The van der Waals surface area contributed by atoms with Gasteiger partial charge in [-0.3, -0.25) is 4.21 Å². The topological polar surface area (TPSA) is 73.3 Å². The lowest BCUT2D eigenvalue weighted by Gasteiger charge is -1.95. The van der Waals surface area contributed by atoms with E-state index in [1.807, 2.05) is 42.8 Å². The first-order valence-corrected chi connectivity index (χ1v) is 8.74. The summed E-state index contributed by atoms with van der Waals surface area (Å²) in [5.41, 5.74) is 2.81. The van der Waals surface area contributed by atoms with Gasteiger partial charge in [-0.25, -0.2) is 4.98 Å². The van der Waals surface area contributed by atoms with Crippen LogP contribution in [0.1, 0.15) is 36.3 Å². The summed E-state index contributed by atoms with van der Waals surface area (Å²) in [7, 11) is -1.11. The number of nitrogens with zero attached hydrogens (tertiary/aromatic N) is 4. The second kappa shape index (κ2) is 6.39. The van der Waals surface area contributed by atoms with E-state index in [1.165, 1.54) is 0 Å². The van der Waals surface area contributed by atoms with Crippen LogP contribution in [-0.4, -0.2) is 23.7 Å². The highest BCUT2D eigenvalue weighted by atomic mass is 32.2. The van der Waals surface area contributed by atoms with E-state index < -0.39 is 10.8 Å². The number of rotatable bonds is 6. The van der Waals surface area contributed by atoms with Crippen molar-refractivity contribution in [2.75, 3.05) is 0 Å². The minimum Gasteiger partial charge on any atom is -0.339 e. The Labute approximate surface area is 131 Å². The van der Waals surface area contributed by atoms with Gasteiger partial charge < -0.3 is 8.92 Å². The van der Waals surface area contributed by atoms with E-state index in [-0.39, 0.29) is 0 Å². The maximum atomic E-state index is 12.3. The number of aryl methyl sites for hydroxylation is 2. The maximum absolute atomic E-state index is 12.3. The van der Waals surface area contributed by atoms with Gasteiger partial charge in [0.25, 0.3) is 0 Å². The Hall–Kier alpha value is -2.02. The van der Waals surface area contributed by atoms with Gasteiger partial charge in [0, 0.05) is 29.6 Å². The standard InChI is InChI=1S/C15H18N4O2S/c1-3-5-14-17-13(18-21-14)10-22(20)9-12-8-19-7-4-6-11(2)15(19)16-12/h4,6-8H,3,5,9-10H2,1-2H3/t22-/m1/s1. The van der Waals surface area contributed by atoms with Gasteiger partial charge >= 0.3 is 0 Å². The van der Waals surface area contributed by atoms with Crippen molar-refractivity contribution in [2.24, 2.45) is 0 Å². The normalized spacial score (nSPS) is 12.8. The first-order chi connectivity index (χ1) is 10.7. The molecule has 1 atom stereocenters. The van der Waals surface area contributed by atoms with E-state index in [2.05, 4.69) is 15.1 Å². The molecule has 0 bridgehead atoms. The summed E-state index contributed by atoms with van der Waals surface area (Å²) in [6.45, 7) is 4.06. The van der Waals surface area contributed by atoms with Crippen LogP contribution in [0.25, 0.3) is 5.65 Å². The first kappa shape index (κ1) is 14.9. The lowest BCUT2D eigenvalue weighted by molar-refractivity contribution is 0.373. The number of hydrogen-bond donors (Lipinski definition) is 0. The van der Waals surface area contributed by atoms with Crippen molar-refractivity contribution >= 4 is 16.4 Å². The Morgan fingerprint density at radius 2 is 2.18 bits per heavy atom. The molecular formula is C15H18N4O2S. The van der Waals surface area contributed by atoms with Crippen LogP contribution in [0.3, 0.4) is 0 Å². The molecule has 0 saturated carbocycles. The SMILES string of the molecule is CCCc1nc(C[S@](=O)Cc2cn3cccc(C)c3n2)no1. The third-order valence-electron chi connectivity index (χ3n) is 3.30. The Balaban J connectivity index is 1.68. The molecule has 3 aromatic heterocycles. The molecule has 0 aliphatic heterocycles. The molecule has 0 aliphatic carbocycles. The van der Waals surface area contributed by atoms with Crippen LogP contribution in [0, 0.1) is 6.92 Å². The third kappa shape index (κ3) is 3.24. The van der Waals surface area contributed by atoms with Gasteiger partial charge in [0.05, 0.1) is 17.2 Å². The lowest BCUT2D eigenvalue weighted by atomic mass is 10.3. The largest absolute Gasteiger partial charge is 0.339 e. The fourth-order valence-electron chi connectivity index (χ4n) is 2.30. The second-order valence-corrected chi connectivity index (χ2v) is 6.69. The van der Waals surface area contributed by atoms with Crippen molar-refractivity contribution in [2.45, 2.75) is 38.2 Å². The molecule has 3 heterocycles. The average molecular weight is 318 g/mol. The van der Waals surface area contributed by atoms with Gasteiger partial charge in [0.1, 0.15) is 5.65 Å². The Morgan fingerprint density at radius 1 is 1.32 bits per heavy atom. The van der Waals surface area contributed by atoms with E-state index in [9.17, 15) is 4.21 Å². The molecular weight excluding hydrogens is 300 g/mol. The molecule has 7 heteroatoms. The van der Waals surface area contributed by atoms with Gasteiger partial charge in [0.2, 0.25) is 5.89 Å². The highest BCUT2D eigenvalue weighted by molar-refractivity contribution is 7.83. The van der Waals surface area contributed by atoms with Crippen LogP contribution >= 0.6 is 0 Å². The van der Waals surface area contributed by atoms with Crippen molar-refractivity contribution in [3.05, 3.63) is 47.5 Å². The lowest BCUT2D eigenvalue weighted by Crippen LogP contribution is -2.01. The van der Waals surface area contributed by atoms with Gasteiger partial charge in [-0.1, -0.05) is 18.1 Å². The molecule has 0 radical (unpaired) electrons. The van der Waals surface area contributed by atoms with Crippen molar-refractivity contribution < 1.29 is 8.73 Å². The monoisotopic (exact) mass is 318 g/mol. The number of pyridine rings is 1. The van der Waals surface area contributed by atoms with E-state index in [0.29, 0.717) is 23.2 Å². The molecule has 0 aliphatic rings. The maximum Gasteiger partial charge on any atom is 0.226 e. The molecule has 116 valence electrons. The highest BCUT2D eigenvalue weighted by Crippen LogP contribution is 2.12. The van der Waals surface area contributed by atoms with Gasteiger partial charge in [-0.05, 0) is 25.0 Å². The predicted octanol–water partition coefficient (Wildman–Crippen LogP) is 2.43. The first-order valence-electron chi connectivity index (χ1n) is 7.25. The fraction of sp³-hybridized carbons (Fsp3) is 0.400. The quantitative estimate of drug-likeness (QED) is 0.698. The van der Waals surface area contributed by atoms with Gasteiger partial charge in [-0.2, -0.15) is 4.98 Å². The minimum atomic E-state index is -1.11. The molecule has 3 rings (SSSR count). The molecule has 0 amide bonds. The average Bonchev–Trinajstić information content (AvgIpc) is 3.06. The summed E-state index contributed by atoms with van der Waals surface area (Å²) in [6, 6.07) is 3.98. The molecule has 22 heavy (non-hydrogen) atoms. The summed E-state index contributed by atoms with van der Waals surface area (Å²) in [5, 5.41) is 3.87. The number of aromatic nitrogens is 4. The van der Waals surface area contributed by atoms with Gasteiger partial charge in [0.15, 0.2) is 5.82 Å². The molecule has 0 spiro atoms. The summed E-state index contributed by atoms with van der Waals surface area (Å²) >= 11 is 0. The van der Waals surface area contributed by atoms with Crippen molar-refractivity contribution in [1.82, 2.24) is 19.5 Å².